The lowest BCUT2D eigenvalue weighted by Crippen LogP contribution is -2.25. The zero-order valence-corrected chi connectivity index (χ0v) is 83.0. The third-order valence-corrected chi connectivity index (χ3v) is 24.8. The normalized spacial score (nSPS) is 13.5. The molecule has 9 aromatic rings. The Morgan fingerprint density at radius 1 is 0.191 bits per heavy atom. The van der Waals surface area contributed by atoms with E-state index in [-0.39, 0.29) is 32.5 Å². The van der Waals surface area contributed by atoms with Crippen LogP contribution in [0.2, 0.25) is 0 Å². The average molecular weight is 1620 g/mol. The van der Waals surface area contributed by atoms with Gasteiger partial charge in [-0.1, -0.05) is 339 Å². The maximum absolute atomic E-state index is 8.71. The minimum atomic E-state index is -2.67. The van der Waals surface area contributed by atoms with E-state index in [1.54, 1.807) is 0 Å². The summed E-state index contributed by atoms with van der Waals surface area (Å²) in [6.07, 6.45) is 0. The lowest BCUT2D eigenvalue weighted by Gasteiger charge is -2.39. The van der Waals surface area contributed by atoms with Gasteiger partial charge in [-0.05, 0) is 276 Å². The van der Waals surface area contributed by atoms with Crippen LogP contribution in [0.15, 0.2) is 124 Å². The summed E-state index contributed by atoms with van der Waals surface area (Å²) in [5.41, 5.74) is 29.8. The predicted molar refractivity (Wildman–Crippen MR) is 515 cm³/mol. The van der Waals surface area contributed by atoms with Gasteiger partial charge in [0.05, 0.1) is 0 Å². The molecule has 0 radical (unpaired) electrons. The number of rotatable bonds is 12. The molecule has 0 amide bonds. The van der Waals surface area contributed by atoms with Crippen LogP contribution in [0.3, 0.4) is 0 Å². The highest BCUT2D eigenvalue weighted by Gasteiger charge is 2.45. The quantitative estimate of drug-likeness (QED) is 0.0841. The first-order chi connectivity index (χ1) is 51.9. The largest absolute Gasteiger partial charge is 0.530 e. The fourth-order valence-electron chi connectivity index (χ4n) is 17.9. The Labute approximate surface area is 718 Å². The minimum Gasteiger partial charge on any atom is -0.408 e. The summed E-state index contributed by atoms with van der Waals surface area (Å²) in [5.74, 6) is 2.04. The highest BCUT2D eigenvalue weighted by Crippen LogP contribution is 2.63. The van der Waals surface area contributed by atoms with Crippen molar-refractivity contribution in [1.29, 1.82) is 0 Å². The Morgan fingerprint density at radius 3 is 0.548 bits per heavy atom. The zero-order valence-electron chi connectivity index (χ0n) is 79.4. The second-order valence-electron chi connectivity index (χ2n) is 46.4. The first-order valence-corrected chi connectivity index (χ1v) is 44.7. The van der Waals surface area contributed by atoms with Gasteiger partial charge in [0.1, 0.15) is 17.2 Å². The summed E-state index contributed by atoms with van der Waals surface area (Å²) in [4.78, 5) is 2.75. The summed E-state index contributed by atoms with van der Waals surface area (Å²) >= 11 is 17.2. The maximum atomic E-state index is 8.71. The molecule has 9 rings (SSSR count). The van der Waals surface area contributed by atoms with Crippen LogP contribution in [0.4, 0.5) is 0 Å². The van der Waals surface area contributed by atoms with Crippen molar-refractivity contribution in [2.45, 2.75) is 370 Å². The standard InChI is InChI=1S/C108H147O3PS3/c1-61-43-46-67(73(49-61)97(7,8)9)70-58-79(94(106(34,35)36)88(91(70)103(25,26)27)85-76(100(16,17)18)52-64(4)55-82(85)113)109-112(110-80-59-71(68-47-44-62(2)50-74(68)98(10,11)12)92(104(28,29)30)89(95(80)107(37,38)39)86-77(101(19,20)21)53-65(5)56-83(86)114)111-81-60-72(69-48-45-63(3)51-75(69)99(13,14)15)93(105(31,32)33)90(96(81)108(40,41)42)87-78(102(22,23)24)54-66(6)57-84(87)115/h43-60,113-115H,1-42H3. The smallest absolute Gasteiger partial charge is 0.408 e. The molecule has 0 fully saturated rings. The molecular formula is C108H147O3PS3. The molecule has 0 spiro atoms. The summed E-state index contributed by atoms with van der Waals surface area (Å²) < 4.78 is 26.1. The molecule has 115 heavy (non-hydrogen) atoms. The van der Waals surface area contributed by atoms with Crippen molar-refractivity contribution in [2.24, 2.45) is 0 Å². The van der Waals surface area contributed by atoms with Gasteiger partial charge in [0, 0.05) is 31.4 Å². The highest BCUT2D eigenvalue weighted by molar-refractivity contribution is 7.80. The average Bonchev–Trinajstić information content (AvgIpc) is 0.723. The van der Waals surface area contributed by atoms with Gasteiger partial charge in [-0.25, -0.2) is 0 Å². The van der Waals surface area contributed by atoms with E-state index in [1.807, 2.05) is 0 Å². The third kappa shape index (κ3) is 19.5. The molecule has 9 aromatic carbocycles. The number of benzene rings is 9. The Hall–Kier alpha value is -6.14. The lowest BCUT2D eigenvalue weighted by molar-refractivity contribution is 0.372. The van der Waals surface area contributed by atoms with Crippen molar-refractivity contribution in [3.8, 4) is 84.0 Å². The number of hydrogen-bond donors (Lipinski definition) is 3. The second kappa shape index (κ2) is 31.5. The topological polar surface area (TPSA) is 27.7 Å². The molecule has 0 bridgehead atoms. The van der Waals surface area contributed by atoms with E-state index >= 15 is 0 Å². The van der Waals surface area contributed by atoms with E-state index in [2.05, 4.69) is 400 Å². The van der Waals surface area contributed by atoms with Gasteiger partial charge in [0.15, 0.2) is 0 Å². The maximum Gasteiger partial charge on any atom is 0.530 e. The molecule has 0 aliphatic carbocycles. The van der Waals surface area contributed by atoms with Crippen LogP contribution >= 0.6 is 46.5 Å². The summed E-state index contributed by atoms with van der Waals surface area (Å²) in [7, 11) is -2.67. The lowest BCUT2D eigenvalue weighted by atomic mass is 9.68. The fourth-order valence-corrected chi connectivity index (χ4v) is 20.2. The molecule has 0 N–H and O–H groups in total. The van der Waals surface area contributed by atoms with E-state index in [4.69, 9.17) is 51.5 Å². The molecule has 0 saturated heterocycles. The minimum absolute atomic E-state index is 0.271. The number of hydrogen-bond acceptors (Lipinski definition) is 6. The van der Waals surface area contributed by atoms with Crippen molar-refractivity contribution in [3.63, 3.8) is 0 Å². The zero-order chi connectivity index (χ0) is 87.2. The first-order valence-electron chi connectivity index (χ1n) is 42.2. The molecule has 620 valence electrons. The second-order valence-corrected chi connectivity index (χ2v) is 48.8. The monoisotopic (exact) mass is 1620 g/mol. The highest BCUT2D eigenvalue weighted by atomic mass is 32.1. The van der Waals surface area contributed by atoms with E-state index in [0.29, 0.717) is 17.2 Å². The molecule has 3 nitrogen and oxygen atoms in total. The Morgan fingerprint density at radius 2 is 0.374 bits per heavy atom. The molecule has 0 saturated carbocycles. The van der Waals surface area contributed by atoms with Crippen LogP contribution in [0.1, 0.15) is 349 Å². The van der Waals surface area contributed by atoms with Crippen LogP contribution in [0.5, 0.6) is 17.2 Å². The van der Waals surface area contributed by atoms with Crippen molar-refractivity contribution in [3.05, 3.63) is 209 Å². The van der Waals surface area contributed by atoms with Crippen LogP contribution in [0, 0.1) is 41.5 Å². The SMILES string of the molecule is Cc1ccc(-c2cc(OP(Oc3cc(-c4ccc(C)cc4C(C)(C)C)c(C(C)(C)C)c(-c4c(S)cc(C)cc4C(C)(C)C)c3C(C)(C)C)Oc3cc(-c4ccc(C)cc4C(C)(C)C)c(C(C)(C)C)c(-c4c(S)cc(C)cc4C(C)(C)C)c3C(C)(C)C)c(C(C)(C)C)c(-c3c(S)cc(C)cc3C(C)(C)C)c2C(C)(C)C)c(C(C)(C)C)c1. The predicted octanol–water partition coefficient (Wildman–Crippen LogP) is 33.7. The number of thiol groups is 3. The number of aryl methyl sites for hydroxylation is 6. The van der Waals surface area contributed by atoms with E-state index in [0.717, 1.165) is 115 Å². The van der Waals surface area contributed by atoms with Gasteiger partial charge in [0.25, 0.3) is 0 Å². The molecule has 0 aliphatic heterocycles. The molecule has 0 aromatic heterocycles. The Bertz CT molecular complexity index is 4720. The van der Waals surface area contributed by atoms with E-state index in [1.165, 1.54) is 66.8 Å². The van der Waals surface area contributed by atoms with E-state index in [9.17, 15) is 0 Å². The van der Waals surface area contributed by atoms with Crippen LogP contribution < -0.4 is 13.6 Å². The van der Waals surface area contributed by atoms with Crippen molar-refractivity contribution in [1.82, 2.24) is 0 Å². The molecule has 0 heterocycles. The first kappa shape index (κ1) is 92.7. The van der Waals surface area contributed by atoms with Crippen molar-refractivity contribution >= 4 is 46.5 Å². The van der Waals surface area contributed by atoms with Crippen molar-refractivity contribution in [2.75, 3.05) is 0 Å². The molecule has 0 unspecified atom stereocenters. The molecule has 7 heteroatoms. The fraction of sp³-hybridized carbons (Fsp3) is 0.500. The summed E-state index contributed by atoms with van der Waals surface area (Å²) in [5, 5.41) is 0. The van der Waals surface area contributed by atoms with Gasteiger partial charge in [-0.3, -0.25) is 0 Å². The van der Waals surface area contributed by atoms with Gasteiger partial charge >= 0.3 is 8.60 Å². The van der Waals surface area contributed by atoms with Gasteiger partial charge in [-0.15, -0.1) is 37.9 Å². The molecular weight excluding hydrogens is 1470 g/mol. The summed E-state index contributed by atoms with van der Waals surface area (Å²) in [6.45, 7) is 98.5. The van der Waals surface area contributed by atoms with E-state index < -0.39 is 41.1 Å². The van der Waals surface area contributed by atoms with Gasteiger partial charge in [0.2, 0.25) is 0 Å². The molecule has 0 atom stereocenters. The van der Waals surface area contributed by atoms with Crippen LogP contribution in [0.25, 0.3) is 66.8 Å². The Balaban J connectivity index is 1.69. The van der Waals surface area contributed by atoms with Gasteiger partial charge in [-0.2, -0.15) is 0 Å². The van der Waals surface area contributed by atoms with Crippen LogP contribution in [-0.4, -0.2) is 0 Å². The molecule has 0 aliphatic rings. The van der Waals surface area contributed by atoms with Gasteiger partial charge < -0.3 is 13.6 Å². The van der Waals surface area contributed by atoms with Crippen molar-refractivity contribution < 1.29 is 13.6 Å². The Kier molecular flexibility index (Phi) is 25.4. The summed E-state index contributed by atoms with van der Waals surface area (Å²) in [6, 6.07) is 42.5. The third-order valence-electron chi connectivity index (χ3n) is 22.7. The van der Waals surface area contributed by atoms with Crippen LogP contribution in [-0.2, 0) is 65.0 Å².